The first-order valence-electron chi connectivity index (χ1n) is 8.78. The van der Waals surface area contributed by atoms with Crippen LogP contribution in [-0.4, -0.2) is 75.5 Å². The fraction of sp³-hybridized carbons (Fsp3) is 0.500. The van der Waals surface area contributed by atoms with Crippen LogP contribution in [0, 0.1) is 0 Å². The molecular formula is C18H23F3N4O4. The predicted octanol–water partition coefficient (Wildman–Crippen LogP) is 2.03. The third kappa shape index (κ3) is 5.83. The molecule has 2 atom stereocenters. The molecule has 29 heavy (non-hydrogen) atoms. The monoisotopic (exact) mass is 416 g/mol. The Morgan fingerprint density at radius 3 is 2.48 bits per heavy atom. The van der Waals surface area contributed by atoms with Crippen molar-refractivity contribution in [2.24, 2.45) is 7.05 Å². The van der Waals surface area contributed by atoms with Gasteiger partial charge in [0.05, 0.1) is 24.1 Å². The molecule has 160 valence electrons. The average molecular weight is 416 g/mol. The van der Waals surface area contributed by atoms with Crippen molar-refractivity contribution in [2.75, 3.05) is 20.6 Å². The molecule has 1 fully saturated rings. The lowest BCUT2D eigenvalue weighted by molar-refractivity contribution is -0.192. The fourth-order valence-electron chi connectivity index (χ4n) is 3.31. The van der Waals surface area contributed by atoms with E-state index in [-0.39, 0.29) is 11.9 Å². The molecule has 3 heterocycles. The highest BCUT2D eigenvalue weighted by Crippen LogP contribution is 2.26. The number of nitrogens with zero attached hydrogens (tertiary/aromatic N) is 4. The lowest BCUT2D eigenvalue weighted by Gasteiger charge is -2.31. The Hall–Kier alpha value is -2.82. The number of alkyl halides is 3. The number of carboxylic acid groups (broad SMARTS) is 1. The van der Waals surface area contributed by atoms with Gasteiger partial charge >= 0.3 is 12.1 Å². The van der Waals surface area contributed by atoms with E-state index in [0.29, 0.717) is 11.6 Å². The Balaban J connectivity index is 0.000000370. The summed E-state index contributed by atoms with van der Waals surface area (Å²) in [6.45, 7) is 0.776. The van der Waals surface area contributed by atoms with Crippen LogP contribution in [0.15, 0.2) is 35.4 Å². The van der Waals surface area contributed by atoms with Crippen LogP contribution in [-0.2, 0) is 18.3 Å². The smallest absolute Gasteiger partial charge is 0.475 e. The van der Waals surface area contributed by atoms with E-state index in [9.17, 15) is 18.0 Å². The number of likely N-dealkylation sites (tertiary alicyclic amines) is 1. The molecule has 2 aromatic heterocycles. The maximum Gasteiger partial charge on any atom is 0.490 e. The van der Waals surface area contributed by atoms with Gasteiger partial charge in [-0.2, -0.15) is 18.3 Å². The standard InChI is InChI=1S/C16H22N4O2.C2HF3O2/c1-18(2)14-4-6-20(16(21)13-5-7-22-11-13)15(14)8-12-9-17-19(3)10-12;3-2(4,5)1(6)7/h5,7,9-11,14-15H,4,6,8H2,1-3H3;(H,6,7)/t14-,15+;/m1./s1. The number of halogens is 3. The highest BCUT2D eigenvalue weighted by Gasteiger charge is 2.39. The molecule has 2 aromatic rings. The van der Waals surface area contributed by atoms with E-state index in [2.05, 4.69) is 24.1 Å². The summed E-state index contributed by atoms with van der Waals surface area (Å²) in [4.78, 5) is 25.8. The van der Waals surface area contributed by atoms with Gasteiger partial charge in [-0.05, 0) is 38.6 Å². The van der Waals surface area contributed by atoms with Crippen LogP contribution in [0.2, 0.25) is 0 Å². The molecule has 0 radical (unpaired) electrons. The van der Waals surface area contributed by atoms with Crippen molar-refractivity contribution in [1.82, 2.24) is 19.6 Å². The van der Waals surface area contributed by atoms with E-state index < -0.39 is 12.1 Å². The van der Waals surface area contributed by atoms with Gasteiger partial charge in [0.1, 0.15) is 6.26 Å². The largest absolute Gasteiger partial charge is 0.490 e. The second kappa shape index (κ2) is 9.12. The predicted molar refractivity (Wildman–Crippen MR) is 96.2 cm³/mol. The zero-order valence-electron chi connectivity index (χ0n) is 16.3. The lowest BCUT2D eigenvalue weighted by Crippen LogP contribution is -2.45. The minimum Gasteiger partial charge on any atom is -0.475 e. The number of furan rings is 1. The molecule has 0 aromatic carbocycles. The Kier molecular flexibility index (Phi) is 7.07. The molecule has 0 aliphatic carbocycles. The van der Waals surface area contributed by atoms with E-state index in [0.717, 1.165) is 24.9 Å². The molecule has 1 N–H and O–H groups in total. The van der Waals surface area contributed by atoms with Gasteiger partial charge in [0, 0.05) is 25.8 Å². The van der Waals surface area contributed by atoms with Gasteiger partial charge in [-0.15, -0.1) is 0 Å². The molecule has 1 aliphatic heterocycles. The maximum absolute atomic E-state index is 12.7. The fourth-order valence-corrected chi connectivity index (χ4v) is 3.31. The number of rotatable bonds is 4. The minimum absolute atomic E-state index is 0.0481. The first-order chi connectivity index (χ1) is 13.5. The number of aryl methyl sites for hydroxylation is 1. The molecule has 1 aliphatic rings. The van der Waals surface area contributed by atoms with Gasteiger partial charge in [-0.3, -0.25) is 9.48 Å². The third-order valence-electron chi connectivity index (χ3n) is 4.65. The molecule has 1 saturated heterocycles. The van der Waals surface area contributed by atoms with Gasteiger partial charge in [0.2, 0.25) is 0 Å². The van der Waals surface area contributed by atoms with Gasteiger partial charge in [0.25, 0.3) is 5.91 Å². The number of aromatic nitrogens is 2. The second-order valence-electron chi connectivity index (χ2n) is 6.93. The first kappa shape index (κ1) is 22.5. The normalized spacial score (nSPS) is 19.2. The molecule has 0 unspecified atom stereocenters. The van der Waals surface area contributed by atoms with Gasteiger partial charge in [-0.1, -0.05) is 0 Å². The minimum atomic E-state index is -5.08. The lowest BCUT2D eigenvalue weighted by atomic mass is 10.0. The number of hydrogen-bond acceptors (Lipinski definition) is 5. The Morgan fingerprint density at radius 2 is 2.03 bits per heavy atom. The van der Waals surface area contributed by atoms with Crippen LogP contribution in [0.1, 0.15) is 22.3 Å². The number of carboxylic acids is 1. The van der Waals surface area contributed by atoms with Crippen LogP contribution >= 0.6 is 0 Å². The SMILES string of the molecule is CN(C)[C@@H]1CCN(C(=O)c2ccoc2)[C@H]1Cc1cnn(C)c1.O=C(O)C(F)(F)F. The van der Waals surface area contributed by atoms with Crippen LogP contribution in [0.5, 0.6) is 0 Å². The van der Waals surface area contributed by atoms with Crippen molar-refractivity contribution in [3.05, 3.63) is 42.1 Å². The molecule has 0 saturated carbocycles. The number of likely N-dealkylation sites (N-methyl/N-ethyl adjacent to an activating group) is 1. The van der Waals surface area contributed by atoms with Crippen molar-refractivity contribution in [2.45, 2.75) is 31.1 Å². The molecule has 11 heteroatoms. The van der Waals surface area contributed by atoms with E-state index in [1.54, 1.807) is 17.0 Å². The van der Waals surface area contributed by atoms with E-state index in [4.69, 9.17) is 14.3 Å². The van der Waals surface area contributed by atoms with Gasteiger partial charge in [0.15, 0.2) is 0 Å². The van der Waals surface area contributed by atoms with E-state index in [1.165, 1.54) is 6.26 Å². The zero-order chi connectivity index (χ0) is 21.8. The van der Waals surface area contributed by atoms with E-state index >= 15 is 0 Å². The average Bonchev–Trinajstić information content (AvgIpc) is 3.35. The summed E-state index contributed by atoms with van der Waals surface area (Å²) in [6, 6.07) is 2.24. The summed E-state index contributed by atoms with van der Waals surface area (Å²) in [5.74, 6) is -2.71. The van der Waals surface area contributed by atoms with Crippen LogP contribution in [0.4, 0.5) is 13.2 Å². The number of hydrogen-bond donors (Lipinski definition) is 1. The Bertz CT molecular complexity index is 817. The number of carbonyl (C=O) groups excluding carboxylic acids is 1. The van der Waals surface area contributed by atoms with Crippen LogP contribution in [0.25, 0.3) is 0 Å². The number of aliphatic carboxylic acids is 1. The molecule has 1 amide bonds. The third-order valence-corrected chi connectivity index (χ3v) is 4.65. The summed E-state index contributed by atoms with van der Waals surface area (Å²) in [5, 5.41) is 11.4. The summed E-state index contributed by atoms with van der Waals surface area (Å²) in [6.07, 6.45) is 3.69. The Labute approximate surface area is 165 Å². The summed E-state index contributed by atoms with van der Waals surface area (Å²) in [5.41, 5.74) is 1.78. The summed E-state index contributed by atoms with van der Waals surface area (Å²) >= 11 is 0. The van der Waals surface area contributed by atoms with Crippen molar-refractivity contribution in [3.8, 4) is 0 Å². The van der Waals surface area contributed by atoms with Crippen LogP contribution < -0.4 is 0 Å². The molecule has 0 spiro atoms. The molecule has 0 bridgehead atoms. The summed E-state index contributed by atoms with van der Waals surface area (Å²) in [7, 11) is 6.06. The quantitative estimate of drug-likeness (QED) is 0.820. The summed E-state index contributed by atoms with van der Waals surface area (Å²) < 4.78 is 38.6. The maximum atomic E-state index is 12.7. The Morgan fingerprint density at radius 1 is 1.38 bits per heavy atom. The van der Waals surface area contributed by atoms with Crippen molar-refractivity contribution >= 4 is 11.9 Å². The van der Waals surface area contributed by atoms with E-state index in [1.807, 2.05) is 24.3 Å². The topological polar surface area (TPSA) is 91.8 Å². The number of amides is 1. The van der Waals surface area contributed by atoms with Gasteiger partial charge < -0.3 is 19.3 Å². The number of carbonyl (C=O) groups is 2. The van der Waals surface area contributed by atoms with Crippen molar-refractivity contribution in [1.29, 1.82) is 0 Å². The highest BCUT2D eigenvalue weighted by atomic mass is 19.4. The molecular weight excluding hydrogens is 393 g/mol. The van der Waals surface area contributed by atoms with Crippen molar-refractivity contribution in [3.63, 3.8) is 0 Å². The van der Waals surface area contributed by atoms with Gasteiger partial charge in [-0.25, -0.2) is 4.79 Å². The molecule has 8 nitrogen and oxygen atoms in total. The highest BCUT2D eigenvalue weighted by molar-refractivity contribution is 5.94. The first-order valence-corrected chi connectivity index (χ1v) is 8.78. The molecule has 3 rings (SSSR count). The second-order valence-corrected chi connectivity index (χ2v) is 6.93. The van der Waals surface area contributed by atoms with Crippen LogP contribution in [0.3, 0.4) is 0 Å². The van der Waals surface area contributed by atoms with Crippen molar-refractivity contribution < 1.29 is 32.3 Å². The zero-order valence-corrected chi connectivity index (χ0v) is 16.3.